The summed E-state index contributed by atoms with van der Waals surface area (Å²) in [6.45, 7) is 12.8. The van der Waals surface area contributed by atoms with Crippen LogP contribution >= 0.6 is 0 Å². The number of hydrogen-bond acceptors (Lipinski definition) is 2. The largest absolute Gasteiger partial charge is 0.398 e. The highest BCUT2D eigenvalue weighted by Gasteiger charge is 2.21. The molecule has 0 aromatic heterocycles. The Labute approximate surface area is 177 Å². The molecule has 1 fully saturated rings. The average Bonchev–Trinajstić information content (AvgIpc) is 2.72. The van der Waals surface area contributed by atoms with E-state index in [4.69, 9.17) is 5.73 Å². The fraction of sp³-hybridized carbons (Fsp3) is 0.481. The van der Waals surface area contributed by atoms with Gasteiger partial charge in [0.2, 0.25) is 0 Å². The average molecular weight is 391 g/mol. The second-order valence-electron chi connectivity index (χ2n) is 9.30. The minimum Gasteiger partial charge on any atom is -0.398 e. The third-order valence-electron chi connectivity index (χ3n) is 6.39. The fourth-order valence-electron chi connectivity index (χ4n) is 4.34. The Kier molecular flexibility index (Phi) is 7.55. The van der Waals surface area contributed by atoms with E-state index in [9.17, 15) is 0 Å². The molecule has 0 radical (unpaired) electrons. The second-order valence-corrected chi connectivity index (χ2v) is 9.30. The fourth-order valence-corrected chi connectivity index (χ4v) is 4.34. The van der Waals surface area contributed by atoms with Gasteiger partial charge in [-0.15, -0.1) is 0 Å². The van der Waals surface area contributed by atoms with Crippen molar-refractivity contribution in [1.82, 2.24) is 4.90 Å². The summed E-state index contributed by atoms with van der Waals surface area (Å²) in [5.74, 6) is 1.46. The maximum Gasteiger partial charge on any atom is 0.0393 e. The lowest BCUT2D eigenvalue weighted by atomic mass is 9.88. The van der Waals surface area contributed by atoms with Gasteiger partial charge in [0.15, 0.2) is 0 Å². The Balaban J connectivity index is 1.56. The molecule has 0 amide bonds. The molecule has 29 heavy (non-hydrogen) atoms. The lowest BCUT2D eigenvalue weighted by Gasteiger charge is -2.33. The van der Waals surface area contributed by atoms with Crippen LogP contribution < -0.4 is 5.73 Å². The van der Waals surface area contributed by atoms with Crippen LogP contribution in [0.2, 0.25) is 0 Å². The van der Waals surface area contributed by atoms with E-state index < -0.39 is 0 Å². The normalized spacial score (nSPS) is 15.6. The van der Waals surface area contributed by atoms with Gasteiger partial charge >= 0.3 is 0 Å². The van der Waals surface area contributed by atoms with Gasteiger partial charge in [0.05, 0.1) is 0 Å². The van der Waals surface area contributed by atoms with Crippen molar-refractivity contribution in [3.63, 3.8) is 0 Å². The molecule has 156 valence electrons. The Morgan fingerprint density at radius 3 is 2.24 bits per heavy atom. The van der Waals surface area contributed by atoms with E-state index >= 15 is 0 Å². The molecular formula is C27H38N2. The Morgan fingerprint density at radius 2 is 1.66 bits per heavy atom. The number of benzene rings is 2. The van der Waals surface area contributed by atoms with Gasteiger partial charge in [-0.3, -0.25) is 4.90 Å². The Hall–Kier alpha value is -2.06. The van der Waals surface area contributed by atoms with E-state index in [1.165, 1.54) is 55.5 Å². The zero-order valence-corrected chi connectivity index (χ0v) is 18.7. The van der Waals surface area contributed by atoms with Crippen LogP contribution in [0.5, 0.6) is 0 Å². The summed E-state index contributed by atoms with van der Waals surface area (Å²) in [6, 6.07) is 17.2. The van der Waals surface area contributed by atoms with Crippen LogP contribution in [0.3, 0.4) is 0 Å². The van der Waals surface area contributed by atoms with E-state index in [1.807, 2.05) is 12.1 Å². The minimum atomic E-state index is 0.680. The monoisotopic (exact) mass is 390 g/mol. The first-order valence-corrected chi connectivity index (χ1v) is 11.3. The van der Waals surface area contributed by atoms with Crippen molar-refractivity contribution in [2.24, 2.45) is 5.92 Å². The topological polar surface area (TPSA) is 29.3 Å². The Morgan fingerprint density at radius 1 is 1.00 bits per heavy atom. The molecule has 1 aliphatic heterocycles. The molecule has 0 unspecified atom stereocenters. The van der Waals surface area contributed by atoms with Gasteiger partial charge in [-0.1, -0.05) is 67.5 Å². The van der Waals surface area contributed by atoms with E-state index in [2.05, 4.69) is 69.0 Å². The summed E-state index contributed by atoms with van der Waals surface area (Å²) < 4.78 is 0. The van der Waals surface area contributed by atoms with Crippen molar-refractivity contribution in [2.75, 3.05) is 25.4 Å². The highest BCUT2D eigenvalue weighted by atomic mass is 15.1. The summed E-state index contributed by atoms with van der Waals surface area (Å²) in [4.78, 5) is 2.66. The standard InChI is InChI=1S/C27H38N2/c1-20(2)9-10-25(21(3)4)19-29-17-15-23(16-18-29)22-11-13-24(14-12-22)26-7-5-6-8-27(26)28/h5-8,11-14,20,23H,9-10,15-19,28H2,1-4H3. The van der Waals surface area contributed by atoms with Crippen LogP contribution in [0.15, 0.2) is 59.7 Å². The molecule has 2 heteroatoms. The maximum atomic E-state index is 6.14. The van der Waals surface area contributed by atoms with Gasteiger partial charge in [0.1, 0.15) is 0 Å². The number of nitrogen functional groups attached to an aromatic ring is 1. The van der Waals surface area contributed by atoms with Crippen LogP contribution in [0.4, 0.5) is 5.69 Å². The van der Waals surface area contributed by atoms with Gasteiger partial charge in [-0.2, -0.15) is 0 Å². The summed E-state index contributed by atoms with van der Waals surface area (Å²) in [7, 11) is 0. The molecule has 0 saturated carbocycles. The first-order chi connectivity index (χ1) is 13.9. The molecule has 1 aliphatic rings. The predicted octanol–water partition coefficient (Wildman–Crippen LogP) is 6.89. The minimum absolute atomic E-state index is 0.680. The number of para-hydroxylation sites is 1. The molecule has 0 aliphatic carbocycles. The van der Waals surface area contributed by atoms with Crippen molar-refractivity contribution in [1.29, 1.82) is 0 Å². The number of nitrogens with zero attached hydrogens (tertiary/aromatic N) is 1. The van der Waals surface area contributed by atoms with Crippen LogP contribution in [0, 0.1) is 5.92 Å². The maximum absolute atomic E-state index is 6.14. The van der Waals surface area contributed by atoms with Crippen LogP contribution in [0.1, 0.15) is 64.9 Å². The third-order valence-corrected chi connectivity index (χ3v) is 6.39. The van der Waals surface area contributed by atoms with Crippen LogP contribution in [0.25, 0.3) is 11.1 Å². The number of allylic oxidation sites excluding steroid dienone is 1. The molecule has 0 atom stereocenters. The summed E-state index contributed by atoms with van der Waals surface area (Å²) in [5, 5.41) is 0. The summed E-state index contributed by atoms with van der Waals surface area (Å²) in [5.41, 5.74) is 14.0. The van der Waals surface area contributed by atoms with E-state index in [-0.39, 0.29) is 0 Å². The summed E-state index contributed by atoms with van der Waals surface area (Å²) in [6.07, 6.45) is 5.07. The Bertz CT molecular complexity index is 805. The highest BCUT2D eigenvalue weighted by molar-refractivity contribution is 5.76. The molecule has 0 bridgehead atoms. The van der Waals surface area contributed by atoms with Crippen molar-refractivity contribution in [3.8, 4) is 11.1 Å². The molecular weight excluding hydrogens is 352 g/mol. The molecule has 1 heterocycles. The van der Waals surface area contributed by atoms with Crippen molar-refractivity contribution in [2.45, 2.75) is 59.3 Å². The van der Waals surface area contributed by atoms with Gasteiger partial charge in [0, 0.05) is 17.8 Å². The number of likely N-dealkylation sites (tertiary alicyclic amines) is 1. The second kappa shape index (κ2) is 10.1. The number of rotatable bonds is 7. The lowest BCUT2D eigenvalue weighted by molar-refractivity contribution is 0.225. The zero-order valence-electron chi connectivity index (χ0n) is 18.7. The molecule has 2 aromatic rings. The lowest BCUT2D eigenvalue weighted by Crippen LogP contribution is -2.34. The smallest absolute Gasteiger partial charge is 0.0393 e. The first kappa shape index (κ1) is 21.6. The summed E-state index contributed by atoms with van der Waals surface area (Å²) >= 11 is 0. The molecule has 2 nitrogen and oxygen atoms in total. The van der Waals surface area contributed by atoms with Crippen LogP contribution in [-0.2, 0) is 0 Å². The van der Waals surface area contributed by atoms with Crippen molar-refractivity contribution < 1.29 is 0 Å². The number of hydrogen-bond donors (Lipinski definition) is 1. The number of nitrogens with two attached hydrogens (primary N) is 1. The van der Waals surface area contributed by atoms with Crippen molar-refractivity contribution >= 4 is 5.69 Å². The zero-order chi connectivity index (χ0) is 20.8. The van der Waals surface area contributed by atoms with Gasteiger partial charge < -0.3 is 5.73 Å². The third kappa shape index (κ3) is 5.96. The van der Waals surface area contributed by atoms with Gasteiger partial charge in [-0.05, 0) is 81.6 Å². The van der Waals surface area contributed by atoms with E-state index in [0.29, 0.717) is 5.92 Å². The van der Waals surface area contributed by atoms with E-state index in [1.54, 1.807) is 5.57 Å². The van der Waals surface area contributed by atoms with Crippen molar-refractivity contribution in [3.05, 3.63) is 65.2 Å². The van der Waals surface area contributed by atoms with Gasteiger partial charge in [-0.25, -0.2) is 0 Å². The molecule has 1 saturated heterocycles. The SMILES string of the molecule is CC(C)=C(CCC(C)C)CN1CCC(c2ccc(-c3ccccc3N)cc2)CC1. The predicted molar refractivity (Wildman–Crippen MR) is 127 cm³/mol. The molecule has 3 rings (SSSR count). The van der Waals surface area contributed by atoms with Gasteiger partial charge in [0.25, 0.3) is 0 Å². The first-order valence-electron chi connectivity index (χ1n) is 11.3. The van der Waals surface area contributed by atoms with Crippen LogP contribution in [-0.4, -0.2) is 24.5 Å². The highest BCUT2D eigenvalue weighted by Crippen LogP contribution is 2.32. The molecule has 0 spiro atoms. The molecule has 2 aromatic carbocycles. The number of piperidine rings is 1. The quantitative estimate of drug-likeness (QED) is 0.412. The molecule has 2 N–H and O–H groups in total. The number of anilines is 1. The van der Waals surface area contributed by atoms with E-state index in [0.717, 1.165) is 23.7 Å².